The number of benzene rings is 1. The van der Waals surface area contributed by atoms with Gasteiger partial charge in [-0.2, -0.15) is 0 Å². The SMILES string of the molecule is COc1ccc(C2(O)CCCC(C3CC3)C2)cc1OC. The van der Waals surface area contributed by atoms with E-state index in [0.29, 0.717) is 11.7 Å². The second-order valence-corrected chi connectivity index (χ2v) is 6.30. The van der Waals surface area contributed by atoms with Crippen LogP contribution in [0.1, 0.15) is 44.1 Å². The molecule has 0 aromatic heterocycles. The molecule has 0 spiro atoms. The monoisotopic (exact) mass is 276 g/mol. The van der Waals surface area contributed by atoms with Crippen LogP contribution in [0.25, 0.3) is 0 Å². The summed E-state index contributed by atoms with van der Waals surface area (Å²) in [5, 5.41) is 11.1. The normalized spacial score (nSPS) is 30.1. The molecular formula is C17H24O3. The molecule has 3 heteroatoms. The van der Waals surface area contributed by atoms with Gasteiger partial charge < -0.3 is 14.6 Å². The third kappa shape index (κ3) is 2.51. The first-order valence-corrected chi connectivity index (χ1v) is 7.61. The summed E-state index contributed by atoms with van der Waals surface area (Å²) in [6.45, 7) is 0. The molecule has 2 saturated carbocycles. The van der Waals surface area contributed by atoms with Crippen LogP contribution in [0.3, 0.4) is 0 Å². The second-order valence-electron chi connectivity index (χ2n) is 6.30. The molecule has 1 N–H and O–H groups in total. The van der Waals surface area contributed by atoms with Gasteiger partial charge in [-0.1, -0.05) is 6.07 Å². The zero-order valence-corrected chi connectivity index (χ0v) is 12.4. The molecule has 2 aliphatic carbocycles. The summed E-state index contributed by atoms with van der Waals surface area (Å²) < 4.78 is 10.6. The van der Waals surface area contributed by atoms with Crippen LogP contribution in [0.2, 0.25) is 0 Å². The van der Waals surface area contributed by atoms with Crippen molar-refractivity contribution in [1.29, 1.82) is 0 Å². The van der Waals surface area contributed by atoms with Crippen molar-refractivity contribution in [1.82, 2.24) is 0 Å². The Balaban J connectivity index is 1.86. The molecule has 1 aromatic carbocycles. The quantitative estimate of drug-likeness (QED) is 0.915. The van der Waals surface area contributed by atoms with Crippen molar-refractivity contribution >= 4 is 0 Å². The molecule has 110 valence electrons. The van der Waals surface area contributed by atoms with Crippen molar-refractivity contribution in [2.75, 3.05) is 14.2 Å². The zero-order chi connectivity index (χ0) is 14.2. The van der Waals surface area contributed by atoms with Gasteiger partial charge >= 0.3 is 0 Å². The fourth-order valence-corrected chi connectivity index (χ4v) is 3.65. The largest absolute Gasteiger partial charge is 0.493 e. The molecule has 0 saturated heterocycles. The molecule has 0 heterocycles. The lowest BCUT2D eigenvalue weighted by molar-refractivity contribution is -0.0253. The van der Waals surface area contributed by atoms with Gasteiger partial charge in [-0.25, -0.2) is 0 Å². The van der Waals surface area contributed by atoms with E-state index < -0.39 is 5.60 Å². The molecule has 2 unspecified atom stereocenters. The van der Waals surface area contributed by atoms with Crippen LogP contribution < -0.4 is 9.47 Å². The highest BCUT2D eigenvalue weighted by atomic mass is 16.5. The Hall–Kier alpha value is -1.22. The Morgan fingerprint density at radius 3 is 2.45 bits per heavy atom. The minimum atomic E-state index is -0.689. The lowest BCUT2D eigenvalue weighted by Crippen LogP contribution is -2.33. The van der Waals surface area contributed by atoms with E-state index in [1.807, 2.05) is 18.2 Å². The summed E-state index contributed by atoms with van der Waals surface area (Å²) in [5.41, 5.74) is 0.283. The van der Waals surface area contributed by atoms with Gasteiger partial charge in [0.15, 0.2) is 11.5 Å². The molecule has 2 fully saturated rings. The van der Waals surface area contributed by atoms with Crippen molar-refractivity contribution in [3.63, 3.8) is 0 Å². The fourth-order valence-electron chi connectivity index (χ4n) is 3.65. The third-order valence-electron chi connectivity index (χ3n) is 4.97. The summed E-state index contributed by atoms with van der Waals surface area (Å²) in [7, 11) is 3.27. The lowest BCUT2D eigenvalue weighted by Gasteiger charge is -2.37. The fraction of sp³-hybridized carbons (Fsp3) is 0.647. The molecule has 2 atom stereocenters. The molecule has 0 bridgehead atoms. The predicted octanol–water partition coefficient (Wildman–Crippen LogP) is 3.49. The molecule has 1 aromatic rings. The summed E-state index contributed by atoms with van der Waals surface area (Å²) >= 11 is 0. The van der Waals surface area contributed by atoms with Gasteiger partial charge in [0.1, 0.15) is 0 Å². The summed E-state index contributed by atoms with van der Waals surface area (Å²) in [6, 6.07) is 5.82. The highest BCUT2D eigenvalue weighted by Gasteiger charge is 2.42. The van der Waals surface area contributed by atoms with E-state index in [-0.39, 0.29) is 0 Å². The van der Waals surface area contributed by atoms with Crippen LogP contribution in [0.4, 0.5) is 0 Å². The minimum Gasteiger partial charge on any atom is -0.493 e. The Kier molecular flexibility index (Phi) is 3.63. The summed E-state index contributed by atoms with van der Waals surface area (Å²) in [6.07, 6.45) is 6.85. The van der Waals surface area contributed by atoms with Gasteiger partial charge in [0.2, 0.25) is 0 Å². The number of hydrogen-bond acceptors (Lipinski definition) is 3. The van der Waals surface area contributed by atoms with Crippen molar-refractivity contribution in [3.05, 3.63) is 23.8 Å². The van der Waals surface area contributed by atoms with Crippen molar-refractivity contribution in [2.45, 2.75) is 44.1 Å². The molecular weight excluding hydrogens is 252 g/mol. The van der Waals surface area contributed by atoms with Gasteiger partial charge in [-0.05, 0) is 68.1 Å². The highest BCUT2D eigenvalue weighted by Crippen LogP contribution is 2.50. The average molecular weight is 276 g/mol. The van der Waals surface area contributed by atoms with Gasteiger partial charge in [0.25, 0.3) is 0 Å². The maximum absolute atomic E-state index is 11.1. The predicted molar refractivity (Wildman–Crippen MR) is 78.1 cm³/mol. The van der Waals surface area contributed by atoms with E-state index >= 15 is 0 Å². The Labute approximate surface area is 120 Å². The third-order valence-corrected chi connectivity index (χ3v) is 4.97. The highest BCUT2D eigenvalue weighted by molar-refractivity contribution is 5.44. The van der Waals surface area contributed by atoms with Crippen molar-refractivity contribution in [2.24, 2.45) is 11.8 Å². The average Bonchev–Trinajstić information content (AvgIpc) is 3.31. The van der Waals surface area contributed by atoms with E-state index in [4.69, 9.17) is 9.47 Å². The maximum atomic E-state index is 11.1. The van der Waals surface area contributed by atoms with Gasteiger partial charge in [0, 0.05) is 0 Å². The minimum absolute atomic E-state index is 0.689. The Bertz CT molecular complexity index is 481. The number of hydrogen-bond donors (Lipinski definition) is 1. The smallest absolute Gasteiger partial charge is 0.161 e. The lowest BCUT2D eigenvalue weighted by atomic mass is 9.73. The van der Waals surface area contributed by atoms with Crippen molar-refractivity contribution in [3.8, 4) is 11.5 Å². The first-order chi connectivity index (χ1) is 9.66. The van der Waals surface area contributed by atoms with Crippen LogP contribution in [-0.2, 0) is 5.60 Å². The van der Waals surface area contributed by atoms with E-state index in [2.05, 4.69) is 0 Å². The van der Waals surface area contributed by atoms with Crippen LogP contribution in [-0.4, -0.2) is 19.3 Å². The van der Waals surface area contributed by atoms with Crippen molar-refractivity contribution < 1.29 is 14.6 Å². The molecule has 3 nitrogen and oxygen atoms in total. The molecule has 0 radical (unpaired) electrons. The van der Waals surface area contributed by atoms with Gasteiger partial charge in [0.05, 0.1) is 19.8 Å². The Morgan fingerprint density at radius 1 is 1.05 bits per heavy atom. The zero-order valence-electron chi connectivity index (χ0n) is 12.4. The maximum Gasteiger partial charge on any atom is 0.161 e. The number of aliphatic hydroxyl groups is 1. The van der Waals surface area contributed by atoms with E-state index in [9.17, 15) is 5.11 Å². The van der Waals surface area contributed by atoms with Crippen LogP contribution in [0.15, 0.2) is 18.2 Å². The molecule has 20 heavy (non-hydrogen) atoms. The topological polar surface area (TPSA) is 38.7 Å². The summed E-state index contributed by atoms with van der Waals surface area (Å²) in [4.78, 5) is 0. The molecule has 3 rings (SSSR count). The van der Waals surface area contributed by atoms with E-state index in [0.717, 1.165) is 36.5 Å². The van der Waals surface area contributed by atoms with Gasteiger partial charge in [-0.15, -0.1) is 0 Å². The van der Waals surface area contributed by atoms with E-state index in [1.165, 1.54) is 19.3 Å². The first kappa shape index (κ1) is 13.7. The number of methoxy groups -OCH3 is 2. The summed E-state index contributed by atoms with van der Waals surface area (Å²) in [5.74, 6) is 2.98. The van der Waals surface area contributed by atoms with Crippen LogP contribution >= 0.6 is 0 Å². The Morgan fingerprint density at radius 2 is 1.80 bits per heavy atom. The first-order valence-electron chi connectivity index (χ1n) is 7.61. The standard InChI is InChI=1S/C17H24O3/c1-19-15-8-7-14(10-16(15)20-2)17(18)9-3-4-13(11-17)12-5-6-12/h7-8,10,12-13,18H,3-6,9,11H2,1-2H3. The molecule has 0 aliphatic heterocycles. The second kappa shape index (κ2) is 5.28. The van der Waals surface area contributed by atoms with Gasteiger partial charge in [-0.3, -0.25) is 0 Å². The molecule has 0 amide bonds. The van der Waals surface area contributed by atoms with Crippen LogP contribution in [0.5, 0.6) is 11.5 Å². The van der Waals surface area contributed by atoms with Crippen LogP contribution in [0, 0.1) is 11.8 Å². The molecule has 2 aliphatic rings. The number of ether oxygens (including phenoxy) is 2. The van der Waals surface area contributed by atoms with E-state index in [1.54, 1.807) is 14.2 Å². The number of rotatable bonds is 4.